The van der Waals surface area contributed by atoms with Crippen molar-refractivity contribution in [2.45, 2.75) is 18.9 Å². The predicted molar refractivity (Wildman–Crippen MR) is 69.5 cm³/mol. The fraction of sp³-hybridized carbons (Fsp3) is 0.900. The summed E-state index contributed by atoms with van der Waals surface area (Å²) in [5, 5.41) is 2.67. The van der Waals surface area contributed by atoms with Gasteiger partial charge in [-0.25, -0.2) is 13.1 Å². The second kappa shape index (κ2) is 7.03. The second-order valence-corrected chi connectivity index (χ2v) is 6.46. The molecule has 0 unspecified atom stereocenters. The van der Waals surface area contributed by atoms with Gasteiger partial charge in [0.25, 0.3) is 0 Å². The van der Waals surface area contributed by atoms with E-state index in [0.29, 0.717) is 13.1 Å². The zero-order valence-electron chi connectivity index (χ0n) is 10.7. The van der Waals surface area contributed by atoms with Gasteiger partial charge < -0.3 is 11.1 Å². The minimum Gasteiger partial charge on any atom is -0.354 e. The van der Waals surface area contributed by atoms with Crippen molar-refractivity contribution in [3.8, 4) is 0 Å². The van der Waals surface area contributed by atoms with Crippen LogP contribution < -0.4 is 15.8 Å². The molecule has 0 radical (unpaired) electrons. The first-order valence-electron chi connectivity index (χ1n) is 6.06. The normalized spacial score (nSPS) is 18.8. The van der Waals surface area contributed by atoms with Crippen LogP contribution in [0.3, 0.4) is 0 Å². The summed E-state index contributed by atoms with van der Waals surface area (Å²) < 4.78 is 23.9. The Morgan fingerprint density at radius 3 is 2.50 bits per heavy atom. The number of nitrogens with one attached hydrogen (secondary N) is 2. The minimum absolute atomic E-state index is 0.0826. The molecule has 0 spiro atoms. The van der Waals surface area contributed by atoms with Crippen LogP contribution in [0.25, 0.3) is 0 Å². The number of sulfonamides is 1. The quantitative estimate of drug-likeness (QED) is 0.491. The summed E-state index contributed by atoms with van der Waals surface area (Å²) in [5.74, 6) is -0.0826. The van der Waals surface area contributed by atoms with Crippen molar-refractivity contribution in [1.82, 2.24) is 14.9 Å². The molecule has 0 aromatic heterocycles. The molecule has 0 atom stereocenters. The van der Waals surface area contributed by atoms with Crippen molar-refractivity contribution in [1.29, 1.82) is 0 Å². The summed E-state index contributed by atoms with van der Waals surface area (Å²) >= 11 is 0. The summed E-state index contributed by atoms with van der Waals surface area (Å²) in [6, 6.07) is 0.253. The highest BCUT2D eigenvalue weighted by Gasteiger charge is 2.17. The Kier molecular flexibility index (Phi) is 6.00. The number of carbonyl (C=O) groups excluding carboxylic acids is 1. The van der Waals surface area contributed by atoms with Crippen LogP contribution >= 0.6 is 0 Å². The highest BCUT2D eigenvalue weighted by atomic mass is 32.2. The molecule has 18 heavy (non-hydrogen) atoms. The molecule has 0 saturated carbocycles. The van der Waals surface area contributed by atoms with E-state index < -0.39 is 10.0 Å². The highest BCUT2D eigenvalue weighted by Crippen LogP contribution is 2.06. The van der Waals surface area contributed by atoms with E-state index in [1.807, 2.05) is 0 Å². The van der Waals surface area contributed by atoms with Crippen LogP contribution in [0.1, 0.15) is 12.8 Å². The van der Waals surface area contributed by atoms with Crippen molar-refractivity contribution >= 4 is 15.9 Å². The highest BCUT2D eigenvalue weighted by molar-refractivity contribution is 7.88. The van der Waals surface area contributed by atoms with Crippen molar-refractivity contribution in [2.75, 3.05) is 39.0 Å². The largest absolute Gasteiger partial charge is 0.354 e. The third kappa shape index (κ3) is 6.90. The Bertz CT molecular complexity index is 363. The predicted octanol–water partition coefficient (Wildman–Crippen LogP) is -1.93. The molecule has 0 aliphatic carbocycles. The maximum Gasteiger partial charge on any atom is 0.234 e. The van der Waals surface area contributed by atoms with Gasteiger partial charge in [-0.05, 0) is 12.8 Å². The standard InChI is InChI=1S/C10H22N4O3S/c1-18(16,17)13-5-4-12-10(15)8-14-6-2-9(11)3-7-14/h9,13H,2-8,11H2,1H3,(H,12,15). The van der Waals surface area contributed by atoms with E-state index in [9.17, 15) is 13.2 Å². The number of carbonyl (C=O) groups is 1. The van der Waals surface area contributed by atoms with Crippen LogP contribution in [0.15, 0.2) is 0 Å². The molecule has 1 rings (SSSR count). The van der Waals surface area contributed by atoms with Gasteiger partial charge in [0.2, 0.25) is 15.9 Å². The van der Waals surface area contributed by atoms with E-state index in [-0.39, 0.29) is 18.5 Å². The molecular formula is C10H22N4O3S. The van der Waals surface area contributed by atoms with Gasteiger partial charge in [0.05, 0.1) is 12.8 Å². The first-order chi connectivity index (χ1) is 8.37. The molecule has 0 bridgehead atoms. The first kappa shape index (κ1) is 15.4. The number of piperidine rings is 1. The van der Waals surface area contributed by atoms with Gasteiger partial charge in [-0.3, -0.25) is 9.69 Å². The summed E-state index contributed by atoms with van der Waals surface area (Å²) in [4.78, 5) is 13.6. The Labute approximate surface area is 108 Å². The Morgan fingerprint density at radius 1 is 1.33 bits per heavy atom. The van der Waals surface area contributed by atoms with Gasteiger partial charge in [0, 0.05) is 32.2 Å². The van der Waals surface area contributed by atoms with Crippen LogP contribution in [-0.2, 0) is 14.8 Å². The first-order valence-corrected chi connectivity index (χ1v) is 7.95. The zero-order chi connectivity index (χ0) is 13.6. The van der Waals surface area contributed by atoms with Crippen molar-refractivity contribution in [3.05, 3.63) is 0 Å². The van der Waals surface area contributed by atoms with E-state index in [1.54, 1.807) is 0 Å². The maximum absolute atomic E-state index is 11.6. The molecule has 1 aliphatic heterocycles. The van der Waals surface area contributed by atoms with Crippen LogP contribution in [0, 0.1) is 0 Å². The monoisotopic (exact) mass is 278 g/mol. The van der Waals surface area contributed by atoms with Crippen molar-refractivity contribution in [3.63, 3.8) is 0 Å². The van der Waals surface area contributed by atoms with Crippen molar-refractivity contribution < 1.29 is 13.2 Å². The Morgan fingerprint density at radius 2 is 1.94 bits per heavy atom. The Balaban J connectivity index is 2.10. The molecule has 1 aliphatic rings. The topological polar surface area (TPSA) is 105 Å². The molecule has 1 amide bonds. The van der Waals surface area contributed by atoms with Crippen LogP contribution in [0.5, 0.6) is 0 Å². The third-order valence-corrected chi connectivity index (χ3v) is 3.54. The lowest BCUT2D eigenvalue weighted by Crippen LogP contribution is -2.45. The Hall–Kier alpha value is -0.700. The number of nitrogens with zero attached hydrogens (tertiary/aromatic N) is 1. The van der Waals surface area contributed by atoms with Gasteiger partial charge in [-0.1, -0.05) is 0 Å². The average Bonchev–Trinajstić information content (AvgIpc) is 2.26. The number of nitrogens with two attached hydrogens (primary N) is 1. The van der Waals surface area contributed by atoms with E-state index in [1.165, 1.54) is 0 Å². The molecule has 7 nitrogen and oxygen atoms in total. The number of rotatable bonds is 6. The molecule has 1 heterocycles. The van der Waals surface area contributed by atoms with E-state index in [2.05, 4.69) is 14.9 Å². The van der Waals surface area contributed by atoms with Gasteiger partial charge in [0.1, 0.15) is 0 Å². The fourth-order valence-electron chi connectivity index (χ4n) is 1.81. The number of likely N-dealkylation sites (tertiary alicyclic amines) is 1. The van der Waals surface area contributed by atoms with Gasteiger partial charge in [-0.2, -0.15) is 0 Å². The smallest absolute Gasteiger partial charge is 0.234 e. The van der Waals surface area contributed by atoms with E-state index >= 15 is 0 Å². The summed E-state index contributed by atoms with van der Waals surface area (Å²) in [5.41, 5.74) is 5.77. The molecular weight excluding hydrogens is 256 g/mol. The number of hydrogen-bond donors (Lipinski definition) is 3. The van der Waals surface area contributed by atoms with E-state index in [0.717, 1.165) is 32.2 Å². The molecule has 1 fully saturated rings. The molecule has 106 valence electrons. The SMILES string of the molecule is CS(=O)(=O)NCCNC(=O)CN1CCC(N)CC1. The zero-order valence-corrected chi connectivity index (χ0v) is 11.5. The molecule has 4 N–H and O–H groups in total. The molecule has 0 aromatic carbocycles. The third-order valence-electron chi connectivity index (χ3n) is 2.81. The maximum atomic E-state index is 11.6. The fourth-order valence-corrected chi connectivity index (χ4v) is 2.28. The molecule has 8 heteroatoms. The number of hydrogen-bond acceptors (Lipinski definition) is 5. The van der Waals surface area contributed by atoms with Gasteiger partial charge in [-0.15, -0.1) is 0 Å². The summed E-state index contributed by atoms with van der Waals surface area (Å²) in [6.45, 7) is 2.56. The van der Waals surface area contributed by atoms with Crippen LogP contribution in [0.2, 0.25) is 0 Å². The minimum atomic E-state index is -3.18. The molecule has 1 saturated heterocycles. The summed E-state index contributed by atoms with van der Waals surface area (Å²) in [7, 11) is -3.18. The van der Waals surface area contributed by atoms with Crippen LogP contribution in [0.4, 0.5) is 0 Å². The lowest BCUT2D eigenvalue weighted by atomic mass is 10.1. The lowest BCUT2D eigenvalue weighted by Gasteiger charge is -2.29. The van der Waals surface area contributed by atoms with Gasteiger partial charge >= 0.3 is 0 Å². The summed E-state index contributed by atoms with van der Waals surface area (Å²) in [6.07, 6.45) is 2.93. The average molecular weight is 278 g/mol. The van der Waals surface area contributed by atoms with Gasteiger partial charge in [0.15, 0.2) is 0 Å². The molecule has 0 aromatic rings. The second-order valence-electron chi connectivity index (χ2n) is 4.63. The number of amides is 1. The van der Waals surface area contributed by atoms with Crippen LogP contribution in [-0.4, -0.2) is 64.2 Å². The van der Waals surface area contributed by atoms with Crippen molar-refractivity contribution in [2.24, 2.45) is 5.73 Å². The lowest BCUT2D eigenvalue weighted by molar-refractivity contribution is -0.122. The van der Waals surface area contributed by atoms with E-state index in [4.69, 9.17) is 5.73 Å².